The first-order valence-corrected chi connectivity index (χ1v) is 6.26. The fraction of sp³-hybridized carbons (Fsp3) is 0.273. The predicted octanol–water partition coefficient (Wildman–Crippen LogP) is 1.68. The van der Waals surface area contributed by atoms with Gasteiger partial charge in [-0.2, -0.15) is 0 Å². The first kappa shape index (κ1) is 13.5. The Kier molecular flexibility index (Phi) is 3.82. The molecule has 1 aromatic heterocycles. The summed E-state index contributed by atoms with van der Waals surface area (Å²) in [6.07, 6.45) is 0. The van der Waals surface area contributed by atoms with Crippen LogP contribution >= 0.6 is 11.8 Å². The van der Waals surface area contributed by atoms with Gasteiger partial charge in [-0.1, -0.05) is 6.07 Å². The maximum absolute atomic E-state index is 11.0. The van der Waals surface area contributed by atoms with Gasteiger partial charge in [0.25, 0.3) is 5.69 Å². The van der Waals surface area contributed by atoms with Gasteiger partial charge in [-0.3, -0.25) is 10.1 Å². The topological polar surface area (TPSA) is 94.1 Å². The van der Waals surface area contributed by atoms with Crippen LogP contribution in [0.1, 0.15) is 11.4 Å². The Balaban J connectivity index is 2.37. The monoisotopic (exact) mass is 280 g/mol. The van der Waals surface area contributed by atoms with Crippen LogP contribution in [0.3, 0.4) is 0 Å². The zero-order chi connectivity index (χ0) is 14.0. The van der Waals surface area contributed by atoms with E-state index in [4.69, 9.17) is 5.11 Å². The highest BCUT2D eigenvalue weighted by Gasteiger charge is 2.18. The maximum Gasteiger partial charge on any atom is 0.283 e. The number of benzene rings is 1. The lowest BCUT2D eigenvalue weighted by Crippen LogP contribution is -1.99. The molecule has 0 atom stereocenters. The number of nitro benzene ring substituents is 1. The standard InChI is InChI=1S/C11H12N4O3S/c1-7-3-4-9(8(5-7)15(17)18)19-11-13-12-10(6-16)14(11)2/h3-5,16H,6H2,1-2H3. The van der Waals surface area contributed by atoms with Crippen LogP contribution < -0.4 is 0 Å². The number of nitrogens with zero attached hydrogens (tertiary/aromatic N) is 4. The third-order valence-corrected chi connectivity index (χ3v) is 3.68. The Labute approximate surface area is 113 Å². The van der Waals surface area contributed by atoms with Gasteiger partial charge in [0, 0.05) is 13.1 Å². The summed E-state index contributed by atoms with van der Waals surface area (Å²) in [4.78, 5) is 11.1. The van der Waals surface area contributed by atoms with Crippen molar-refractivity contribution in [2.45, 2.75) is 23.6 Å². The van der Waals surface area contributed by atoms with Crippen LogP contribution in [-0.4, -0.2) is 24.8 Å². The fourth-order valence-corrected chi connectivity index (χ4v) is 2.42. The van der Waals surface area contributed by atoms with Crippen molar-refractivity contribution in [3.63, 3.8) is 0 Å². The Bertz CT molecular complexity index is 626. The molecule has 0 saturated heterocycles. The van der Waals surface area contributed by atoms with Gasteiger partial charge < -0.3 is 9.67 Å². The summed E-state index contributed by atoms with van der Waals surface area (Å²) in [5.74, 6) is 0.414. The van der Waals surface area contributed by atoms with Crippen LogP contribution in [0.2, 0.25) is 0 Å². The van der Waals surface area contributed by atoms with Crippen molar-refractivity contribution < 1.29 is 10.0 Å². The second-order valence-electron chi connectivity index (χ2n) is 3.95. The molecule has 1 heterocycles. The molecule has 0 unspecified atom stereocenters. The van der Waals surface area contributed by atoms with Crippen molar-refractivity contribution in [3.8, 4) is 0 Å². The summed E-state index contributed by atoms with van der Waals surface area (Å²) in [6, 6.07) is 5.01. The molecule has 0 spiro atoms. The second-order valence-corrected chi connectivity index (χ2v) is 4.96. The number of hydrogen-bond donors (Lipinski definition) is 1. The van der Waals surface area contributed by atoms with Gasteiger partial charge in [0.15, 0.2) is 11.0 Å². The Morgan fingerprint density at radius 1 is 1.47 bits per heavy atom. The molecule has 2 aromatic rings. The molecular formula is C11H12N4O3S. The van der Waals surface area contributed by atoms with Crippen molar-refractivity contribution in [1.82, 2.24) is 14.8 Å². The molecular weight excluding hydrogens is 268 g/mol. The predicted molar refractivity (Wildman–Crippen MR) is 68.9 cm³/mol. The van der Waals surface area contributed by atoms with Gasteiger partial charge in [-0.05, 0) is 30.3 Å². The summed E-state index contributed by atoms with van der Waals surface area (Å²) in [5, 5.41) is 28.2. The number of hydrogen-bond acceptors (Lipinski definition) is 6. The molecule has 0 amide bonds. The number of rotatable bonds is 4. The van der Waals surface area contributed by atoms with Crippen molar-refractivity contribution >= 4 is 17.4 Å². The van der Waals surface area contributed by atoms with E-state index in [0.717, 1.165) is 17.3 Å². The van der Waals surface area contributed by atoms with Crippen molar-refractivity contribution in [1.29, 1.82) is 0 Å². The number of aromatic nitrogens is 3. The van der Waals surface area contributed by atoms with E-state index in [1.54, 1.807) is 30.7 Å². The molecule has 0 saturated carbocycles. The van der Waals surface area contributed by atoms with Gasteiger partial charge in [0.2, 0.25) is 0 Å². The molecule has 1 aromatic carbocycles. The van der Waals surface area contributed by atoms with E-state index in [0.29, 0.717) is 15.9 Å². The van der Waals surface area contributed by atoms with Crippen LogP contribution in [0.15, 0.2) is 28.3 Å². The minimum absolute atomic E-state index is 0.0403. The van der Waals surface area contributed by atoms with E-state index in [9.17, 15) is 10.1 Å². The summed E-state index contributed by atoms with van der Waals surface area (Å²) >= 11 is 1.15. The number of nitro groups is 1. The SMILES string of the molecule is Cc1ccc(Sc2nnc(CO)n2C)c([N+](=O)[O-])c1. The van der Waals surface area contributed by atoms with Crippen LogP contribution in [0.5, 0.6) is 0 Å². The highest BCUT2D eigenvalue weighted by Crippen LogP contribution is 2.34. The van der Waals surface area contributed by atoms with Crippen LogP contribution in [0, 0.1) is 17.0 Å². The van der Waals surface area contributed by atoms with Crippen molar-refractivity contribution in [3.05, 3.63) is 39.7 Å². The van der Waals surface area contributed by atoms with E-state index in [1.807, 2.05) is 0 Å². The normalized spacial score (nSPS) is 10.7. The van der Waals surface area contributed by atoms with Crippen LogP contribution in [-0.2, 0) is 13.7 Å². The molecule has 0 bridgehead atoms. The first-order chi connectivity index (χ1) is 9.02. The van der Waals surface area contributed by atoms with E-state index >= 15 is 0 Å². The van der Waals surface area contributed by atoms with Gasteiger partial charge in [-0.15, -0.1) is 10.2 Å². The molecule has 7 nitrogen and oxygen atoms in total. The average Bonchev–Trinajstić information content (AvgIpc) is 2.72. The molecule has 0 fully saturated rings. The van der Waals surface area contributed by atoms with Crippen LogP contribution in [0.4, 0.5) is 5.69 Å². The molecule has 0 aliphatic carbocycles. The summed E-state index contributed by atoms with van der Waals surface area (Å²) in [6.45, 7) is 1.58. The number of aliphatic hydroxyl groups is 1. The van der Waals surface area contributed by atoms with E-state index in [-0.39, 0.29) is 12.3 Å². The van der Waals surface area contributed by atoms with Gasteiger partial charge in [0.1, 0.15) is 6.61 Å². The molecule has 100 valence electrons. The molecule has 8 heteroatoms. The second kappa shape index (κ2) is 5.37. The fourth-order valence-electron chi connectivity index (χ4n) is 1.53. The van der Waals surface area contributed by atoms with Gasteiger partial charge >= 0.3 is 0 Å². The van der Waals surface area contributed by atoms with E-state index in [2.05, 4.69) is 10.2 Å². The highest BCUT2D eigenvalue weighted by molar-refractivity contribution is 7.99. The summed E-state index contributed by atoms with van der Waals surface area (Å²) in [7, 11) is 1.70. The van der Waals surface area contributed by atoms with E-state index < -0.39 is 4.92 Å². The number of aryl methyl sites for hydroxylation is 1. The molecule has 0 aliphatic heterocycles. The lowest BCUT2D eigenvalue weighted by molar-refractivity contribution is -0.387. The third-order valence-electron chi connectivity index (χ3n) is 2.58. The largest absolute Gasteiger partial charge is 0.388 e. The zero-order valence-electron chi connectivity index (χ0n) is 10.4. The molecule has 2 rings (SSSR count). The Morgan fingerprint density at radius 3 is 2.79 bits per heavy atom. The smallest absolute Gasteiger partial charge is 0.283 e. The van der Waals surface area contributed by atoms with E-state index in [1.165, 1.54) is 6.07 Å². The average molecular weight is 280 g/mol. The molecule has 0 radical (unpaired) electrons. The minimum Gasteiger partial charge on any atom is -0.388 e. The minimum atomic E-state index is -0.418. The quantitative estimate of drug-likeness (QED) is 0.676. The molecule has 0 aliphatic rings. The highest BCUT2D eigenvalue weighted by atomic mass is 32.2. The zero-order valence-corrected chi connectivity index (χ0v) is 11.2. The van der Waals surface area contributed by atoms with Crippen LogP contribution in [0.25, 0.3) is 0 Å². The summed E-state index contributed by atoms with van der Waals surface area (Å²) < 4.78 is 1.61. The summed E-state index contributed by atoms with van der Waals surface area (Å²) in [5.41, 5.74) is 0.864. The first-order valence-electron chi connectivity index (χ1n) is 5.45. The van der Waals surface area contributed by atoms with Gasteiger partial charge in [0.05, 0.1) is 9.82 Å². The van der Waals surface area contributed by atoms with Gasteiger partial charge in [-0.25, -0.2) is 0 Å². The van der Waals surface area contributed by atoms with Crippen molar-refractivity contribution in [2.24, 2.45) is 7.05 Å². The maximum atomic E-state index is 11.0. The third kappa shape index (κ3) is 2.74. The lowest BCUT2D eigenvalue weighted by atomic mass is 10.2. The molecule has 19 heavy (non-hydrogen) atoms. The Morgan fingerprint density at radius 2 is 2.21 bits per heavy atom. The Hall–Kier alpha value is -1.93. The lowest BCUT2D eigenvalue weighted by Gasteiger charge is -2.04. The number of aliphatic hydroxyl groups excluding tert-OH is 1. The molecule has 1 N–H and O–H groups in total. The van der Waals surface area contributed by atoms with Crippen molar-refractivity contribution in [2.75, 3.05) is 0 Å².